The summed E-state index contributed by atoms with van der Waals surface area (Å²) in [5.74, 6) is -4.15. The highest BCUT2D eigenvalue weighted by molar-refractivity contribution is 5.92. The van der Waals surface area contributed by atoms with Gasteiger partial charge in [-0.15, -0.1) is 0 Å². The Morgan fingerprint density at radius 3 is 1.84 bits per heavy atom. The Morgan fingerprint density at radius 1 is 0.700 bits per heavy atom. The maximum atomic E-state index is 12.9. The van der Waals surface area contributed by atoms with Crippen molar-refractivity contribution in [2.24, 2.45) is 11.7 Å². The molecule has 0 spiro atoms. The number of hydrogen-bond acceptors (Lipinski definition) is 12. The largest absolute Gasteiger partial charge is 0.479 e. The number of hydrogen-bond donors (Lipinski definition) is 7. The van der Waals surface area contributed by atoms with Crippen molar-refractivity contribution < 1.29 is 57.6 Å². The minimum atomic E-state index is -1.10. The lowest BCUT2D eigenvalue weighted by atomic mass is 10.1. The quantitative estimate of drug-likeness (QED) is 0.0334. The molecule has 280 valence electrons. The highest BCUT2D eigenvalue weighted by Gasteiger charge is 2.37. The molecule has 1 fully saturated rings. The van der Waals surface area contributed by atoms with E-state index < -0.39 is 60.7 Å². The number of benzene rings is 1. The molecular formula is C32H50N6O12. The van der Waals surface area contributed by atoms with Crippen molar-refractivity contribution in [3.63, 3.8) is 0 Å². The molecule has 2 atom stereocenters. The summed E-state index contributed by atoms with van der Waals surface area (Å²) < 4.78 is 26.4. The average molecular weight is 711 g/mol. The molecule has 0 unspecified atom stereocenters. The van der Waals surface area contributed by atoms with Crippen molar-refractivity contribution in [3.8, 4) is 0 Å². The Kier molecular flexibility index (Phi) is 21.6. The molecule has 0 saturated heterocycles. The fourth-order valence-corrected chi connectivity index (χ4v) is 4.20. The van der Waals surface area contributed by atoms with Gasteiger partial charge in [-0.05, 0) is 24.3 Å². The third-order valence-electron chi connectivity index (χ3n) is 6.93. The van der Waals surface area contributed by atoms with E-state index in [1.54, 1.807) is 30.3 Å². The Morgan fingerprint density at radius 2 is 1.24 bits per heavy atom. The molecule has 18 nitrogen and oxygen atoms in total. The van der Waals surface area contributed by atoms with Crippen LogP contribution in [0.5, 0.6) is 0 Å². The number of carbonyl (C=O) groups is 6. The third-order valence-corrected chi connectivity index (χ3v) is 6.93. The Labute approximate surface area is 290 Å². The van der Waals surface area contributed by atoms with Gasteiger partial charge in [-0.1, -0.05) is 30.3 Å². The van der Waals surface area contributed by atoms with Crippen LogP contribution in [-0.4, -0.2) is 139 Å². The highest BCUT2D eigenvalue weighted by Crippen LogP contribution is 2.34. The Bertz CT molecular complexity index is 1190. The number of carboxylic acids is 1. The van der Waals surface area contributed by atoms with Crippen LogP contribution in [0.15, 0.2) is 30.3 Å². The maximum absolute atomic E-state index is 12.9. The monoisotopic (exact) mass is 710 g/mol. The lowest BCUT2D eigenvalue weighted by molar-refractivity contribution is -0.153. The van der Waals surface area contributed by atoms with Crippen LogP contribution < -0.4 is 32.3 Å². The molecule has 1 aromatic carbocycles. The van der Waals surface area contributed by atoms with E-state index in [0.717, 1.165) is 18.4 Å². The second-order valence-corrected chi connectivity index (χ2v) is 11.1. The first kappa shape index (κ1) is 42.0. The van der Waals surface area contributed by atoms with Crippen molar-refractivity contribution in [1.29, 1.82) is 0 Å². The molecule has 1 aromatic rings. The van der Waals surface area contributed by atoms with Crippen molar-refractivity contribution in [1.82, 2.24) is 26.6 Å². The number of nitrogens with one attached hydrogen (secondary N) is 5. The molecule has 1 saturated carbocycles. The molecule has 8 N–H and O–H groups in total. The zero-order valence-corrected chi connectivity index (χ0v) is 28.2. The fraction of sp³-hybridized carbons (Fsp3) is 0.625. The van der Waals surface area contributed by atoms with E-state index in [4.69, 9.17) is 29.4 Å². The molecule has 1 aliphatic carbocycles. The van der Waals surface area contributed by atoms with Crippen LogP contribution in [-0.2, 0) is 58.9 Å². The molecular weight excluding hydrogens is 660 g/mol. The van der Waals surface area contributed by atoms with Crippen LogP contribution >= 0.6 is 0 Å². The maximum Gasteiger partial charge on any atom is 0.333 e. The summed E-state index contributed by atoms with van der Waals surface area (Å²) >= 11 is 0. The molecule has 0 aromatic heterocycles. The normalized spacial score (nSPS) is 13.5. The fourth-order valence-electron chi connectivity index (χ4n) is 4.20. The molecule has 18 heteroatoms. The number of nitrogens with two attached hydrogens (primary N) is 1. The minimum absolute atomic E-state index is 0.0182. The van der Waals surface area contributed by atoms with Crippen LogP contribution in [0.25, 0.3) is 0 Å². The summed E-state index contributed by atoms with van der Waals surface area (Å²) in [5.41, 5.74) is 6.05. The summed E-state index contributed by atoms with van der Waals surface area (Å²) in [4.78, 5) is 73.2. The van der Waals surface area contributed by atoms with Gasteiger partial charge in [0.2, 0.25) is 29.5 Å². The van der Waals surface area contributed by atoms with E-state index in [9.17, 15) is 33.9 Å². The number of rotatable bonds is 29. The van der Waals surface area contributed by atoms with Crippen molar-refractivity contribution in [2.45, 2.75) is 37.8 Å². The smallest absolute Gasteiger partial charge is 0.333 e. The van der Waals surface area contributed by atoms with Gasteiger partial charge in [0.1, 0.15) is 12.8 Å². The van der Waals surface area contributed by atoms with Gasteiger partial charge in [0.05, 0.1) is 72.5 Å². The molecule has 0 bridgehead atoms. The van der Waals surface area contributed by atoms with Gasteiger partial charge >= 0.3 is 5.97 Å². The predicted molar refractivity (Wildman–Crippen MR) is 176 cm³/mol. The van der Waals surface area contributed by atoms with Crippen molar-refractivity contribution in [3.05, 3.63) is 35.9 Å². The molecule has 0 heterocycles. The van der Waals surface area contributed by atoms with Crippen molar-refractivity contribution in [2.75, 3.05) is 85.8 Å². The van der Waals surface area contributed by atoms with Gasteiger partial charge < -0.3 is 61.1 Å². The average Bonchev–Trinajstić information content (AvgIpc) is 3.94. The number of aliphatic carboxylic acids is 1. The third kappa shape index (κ3) is 20.3. The van der Waals surface area contributed by atoms with Gasteiger partial charge in [0, 0.05) is 19.4 Å². The Balaban J connectivity index is 1.61. The van der Waals surface area contributed by atoms with Gasteiger partial charge in [-0.25, -0.2) is 4.79 Å². The zero-order valence-electron chi connectivity index (χ0n) is 28.2. The second kappa shape index (κ2) is 25.7. The molecule has 1 aliphatic rings. The zero-order chi connectivity index (χ0) is 36.4. The lowest BCUT2D eigenvalue weighted by Crippen LogP contribution is -2.52. The first-order valence-corrected chi connectivity index (χ1v) is 16.5. The summed E-state index contributed by atoms with van der Waals surface area (Å²) in [5, 5.41) is 21.4. The molecule has 2 rings (SSSR count). The van der Waals surface area contributed by atoms with E-state index in [1.165, 1.54) is 0 Å². The van der Waals surface area contributed by atoms with E-state index in [-0.39, 0.29) is 45.2 Å². The number of carboxylic acid groups (broad SMARTS) is 1. The predicted octanol–water partition coefficient (Wildman–Crippen LogP) is -2.57. The number of amides is 5. The van der Waals surface area contributed by atoms with Gasteiger partial charge in [-0.2, -0.15) is 0 Å². The van der Waals surface area contributed by atoms with E-state index in [1.807, 2.05) is 0 Å². The van der Waals surface area contributed by atoms with Crippen molar-refractivity contribution >= 4 is 35.5 Å². The van der Waals surface area contributed by atoms with Crippen LogP contribution in [0.4, 0.5) is 0 Å². The van der Waals surface area contributed by atoms with Crippen LogP contribution in [0.3, 0.4) is 0 Å². The lowest BCUT2D eigenvalue weighted by Gasteiger charge is -2.19. The Hall–Kier alpha value is -4.20. The highest BCUT2D eigenvalue weighted by atomic mass is 16.6. The standard InChI is InChI=1S/C32H50N6O12/c33-9-11-47-13-15-49-17-16-48-14-12-46-10-8-26(39)34-19-27(40)35-21-29(42)38-25(18-23-4-2-1-3-5-23)31(43)36-20-28(41)37-22-50-30(32(44)45)24-6-7-24/h1-5,24-25,30H,6-22,33H2,(H,34,39)(H,35,40)(H,36,43)(H,37,41)(H,38,42)(H,44,45)/t25-,30-/m0/s1. The molecule has 5 amide bonds. The summed E-state index contributed by atoms with van der Waals surface area (Å²) in [6.07, 6.45) is 0.608. The van der Waals surface area contributed by atoms with Crippen LogP contribution in [0, 0.1) is 5.92 Å². The first-order valence-electron chi connectivity index (χ1n) is 16.5. The van der Waals surface area contributed by atoms with E-state index in [0.29, 0.717) is 46.2 Å². The molecule has 0 aliphatic heterocycles. The van der Waals surface area contributed by atoms with Gasteiger partial charge in [-0.3, -0.25) is 24.0 Å². The first-order chi connectivity index (χ1) is 24.2. The summed E-state index contributed by atoms with van der Waals surface area (Å²) in [7, 11) is 0. The number of ether oxygens (including phenoxy) is 5. The van der Waals surface area contributed by atoms with Gasteiger partial charge in [0.25, 0.3) is 0 Å². The topological polar surface area (TPSA) is 255 Å². The summed E-state index contributed by atoms with van der Waals surface area (Å²) in [6.45, 7) is 1.82. The van der Waals surface area contributed by atoms with Gasteiger partial charge in [0.15, 0.2) is 6.10 Å². The van der Waals surface area contributed by atoms with E-state index >= 15 is 0 Å². The molecule has 0 radical (unpaired) electrons. The SMILES string of the molecule is NCCOCCOCCOCCOCCC(=O)NCC(=O)NCC(=O)N[C@@H](Cc1ccccc1)C(=O)NCC(=O)NCO[C@H](C(=O)O)C1CC1. The second-order valence-electron chi connectivity index (χ2n) is 11.1. The molecule has 50 heavy (non-hydrogen) atoms. The van der Waals surface area contributed by atoms with Crippen LogP contribution in [0.2, 0.25) is 0 Å². The van der Waals surface area contributed by atoms with E-state index in [2.05, 4.69) is 26.6 Å². The van der Waals surface area contributed by atoms with Crippen LogP contribution in [0.1, 0.15) is 24.8 Å². The minimum Gasteiger partial charge on any atom is -0.479 e. The number of carbonyl (C=O) groups excluding carboxylic acids is 5. The summed E-state index contributed by atoms with van der Waals surface area (Å²) in [6, 6.07) is 7.77.